The van der Waals surface area contributed by atoms with Crippen molar-refractivity contribution < 1.29 is 39.9 Å². The largest absolute Gasteiger partial charge is 0.481 e. The second-order valence-electron chi connectivity index (χ2n) is 11.6. The topological polar surface area (TPSA) is 183 Å². The van der Waals surface area contributed by atoms with Crippen LogP contribution in [-0.4, -0.2) is 85.7 Å². The molecule has 226 valence electrons. The lowest BCUT2D eigenvalue weighted by atomic mass is 9.65. The number of aromatic amines is 1. The number of aliphatic hydroxyl groups excluding tert-OH is 1. The number of aliphatic carboxylic acids is 3. The van der Waals surface area contributed by atoms with E-state index in [0.717, 1.165) is 32.1 Å². The van der Waals surface area contributed by atoms with Crippen molar-refractivity contribution in [1.29, 1.82) is 0 Å². The standard InChI is InChI=1S/C25H31N3O.C6H8O7/c1-28(2)25(18-8-4-3-5-9-18)14-12-24(13-15-25)23-21(16-19(17-29)27-24)20-10-6-7-11-22(20)26-23;7-3(8)1-6(13,5(11)12)2-4(9)10/h3-11,19,26-27,29H,12-17H2,1-2H3;13H,1-2H2,(H,7,8)(H,9,10)(H,11,12)/t19-,24?,25?;/m0./s1. The summed E-state index contributed by atoms with van der Waals surface area (Å²) in [6, 6.07) is 19.7. The first-order valence-electron chi connectivity index (χ1n) is 14.0. The molecule has 0 saturated heterocycles. The summed E-state index contributed by atoms with van der Waals surface area (Å²) in [5.74, 6) is -5.02. The third-order valence-corrected chi connectivity index (χ3v) is 8.83. The number of carboxylic acids is 3. The van der Waals surface area contributed by atoms with Crippen molar-refractivity contribution in [2.45, 2.75) is 67.7 Å². The molecule has 1 aromatic heterocycles. The van der Waals surface area contributed by atoms with Gasteiger partial charge in [0, 0.05) is 28.2 Å². The smallest absolute Gasteiger partial charge is 0.336 e. The quantitative estimate of drug-likeness (QED) is 0.209. The minimum atomic E-state index is -2.74. The van der Waals surface area contributed by atoms with Gasteiger partial charge < -0.3 is 35.8 Å². The Morgan fingerprint density at radius 2 is 1.48 bits per heavy atom. The Balaban J connectivity index is 0.000000266. The molecule has 42 heavy (non-hydrogen) atoms. The summed E-state index contributed by atoms with van der Waals surface area (Å²) < 4.78 is 0. The molecule has 1 fully saturated rings. The van der Waals surface area contributed by atoms with Gasteiger partial charge in [-0.3, -0.25) is 14.5 Å². The summed E-state index contributed by atoms with van der Waals surface area (Å²) in [7, 11) is 4.42. The number of aliphatic hydroxyl groups is 2. The van der Waals surface area contributed by atoms with Crippen LogP contribution in [0.25, 0.3) is 10.9 Å². The summed E-state index contributed by atoms with van der Waals surface area (Å²) in [4.78, 5) is 36.7. The molecule has 1 aliphatic heterocycles. The van der Waals surface area contributed by atoms with E-state index in [1.807, 2.05) is 0 Å². The lowest BCUT2D eigenvalue weighted by molar-refractivity contribution is -0.170. The third-order valence-electron chi connectivity index (χ3n) is 8.83. The third kappa shape index (κ3) is 6.05. The molecule has 2 aliphatic rings. The molecule has 7 N–H and O–H groups in total. The fraction of sp³-hybridized carbons (Fsp3) is 0.452. The average Bonchev–Trinajstić information content (AvgIpc) is 3.33. The summed E-state index contributed by atoms with van der Waals surface area (Å²) in [5.41, 5.74) is 2.61. The number of aromatic nitrogens is 1. The van der Waals surface area contributed by atoms with Crippen molar-refractivity contribution in [3.05, 3.63) is 71.4 Å². The van der Waals surface area contributed by atoms with E-state index in [4.69, 9.17) is 20.4 Å². The Labute approximate surface area is 243 Å². The second kappa shape index (κ2) is 12.2. The zero-order chi connectivity index (χ0) is 30.7. The van der Waals surface area contributed by atoms with Crippen LogP contribution in [0.4, 0.5) is 0 Å². The zero-order valence-electron chi connectivity index (χ0n) is 23.8. The van der Waals surface area contributed by atoms with Crippen molar-refractivity contribution in [2.24, 2.45) is 0 Å². The molecule has 2 aromatic carbocycles. The van der Waals surface area contributed by atoms with E-state index in [1.54, 1.807) is 0 Å². The maximum absolute atomic E-state index is 10.3. The Kier molecular flexibility index (Phi) is 9.07. The summed E-state index contributed by atoms with van der Waals surface area (Å²) in [6.07, 6.45) is 2.87. The Hall–Kier alpha value is -3.77. The van der Waals surface area contributed by atoms with Crippen LogP contribution in [0.2, 0.25) is 0 Å². The first kappa shape index (κ1) is 31.2. The van der Waals surface area contributed by atoms with Crippen LogP contribution in [0.15, 0.2) is 54.6 Å². The molecular weight excluding hydrogens is 542 g/mol. The number of nitrogens with zero attached hydrogens (tertiary/aromatic N) is 1. The van der Waals surface area contributed by atoms with Gasteiger partial charge >= 0.3 is 17.9 Å². The fourth-order valence-electron chi connectivity index (χ4n) is 6.63. The number of rotatable bonds is 8. The summed E-state index contributed by atoms with van der Waals surface area (Å²) >= 11 is 0. The van der Waals surface area contributed by atoms with E-state index >= 15 is 0 Å². The highest BCUT2D eigenvalue weighted by Crippen LogP contribution is 2.50. The first-order chi connectivity index (χ1) is 19.9. The molecule has 1 atom stereocenters. The first-order valence-corrected chi connectivity index (χ1v) is 14.0. The molecule has 5 rings (SSSR count). The number of hydrogen-bond acceptors (Lipinski definition) is 7. The fourth-order valence-corrected chi connectivity index (χ4v) is 6.63. The molecule has 0 amide bonds. The second-order valence-corrected chi connectivity index (χ2v) is 11.6. The zero-order valence-corrected chi connectivity index (χ0v) is 23.8. The number of nitrogens with one attached hydrogen (secondary N) is 2. The lowest BCUT2D eigenvalue weighted by Gasteiger charge is -2.52. The van der Waals surface area contributed by atoms with Gasteiger partial charge in [-0.25, -0.2) is 4.79 Å². The average molecular weight is 582 g/mol. The normalized spacial score (nSPS) is 23.7. The van der Waals surface area contributed by atoms with Gasteiger partial charge in [0.05, 0.1) is 25.0 Å². The highest BCUT2D eigenvalue weighted by Gasteiger charge is 2.49. The van der Waals surface area contributed by atoms with Gasteiger partial charge in [-0.15, -0.1) is 0 Å². The predicted molar refractivity (Wildman–Crippen MR) is 155 cm³/mol. The molecule has 1 saturated carbocycles. The highest BCUT2D eigenvalue weighted by molar-refractivity contribution is 5.88. The number of carboxylic acid groups (broad SMARTS) is 3. The summed E-state index contributed by atoms with van der Waals surface area (Å²) in [6.45, 7) is 0.179. The van der Waals surface area contributed by atoms with Crippen LogP contribution >= 0.6 is 0 Å². The molecular formula is C31H39N3O8. The Bertz CT molecular complexity index is 1410. The van der Waals surface area contributed by atoms with Crippen LogP contribution in [-0.2, 0) is 31.9 Å². The molecule has 2 heterocycles. The number of carbonyl (C=O) groups is 3. The van der Waals surface area contributed by atoms with E-state index in [-0.39, 0.29) is 23.7 Å². The van der Waals surface area contributed by atoms with Crippen molar-refractivity contribution in [3.63, 3.8) is 0 Å². The maximum Gasteiger partial charge on any atom is 0.336 e. The highest BCUT2D eigenvalue weighted by atomic mass is 16.4. The van der Waals surface area contributed by atoms with Gasteiger partial charge in [0.15, 0.2) is 5.60 Å². The van der Waals surface area contributed by atoms with Crippen LogP contribution in [0, 0.1) is 0 Å². The van der Waals surface area contributed by atoms with E-state index < -0.39 is 36.4 Å². The van der Waals surface area contributed by atoms with Crippen molar-refractivity contribution in [3.8, 4) is 0 Å². The maximum atomic E-state index is 10.3. The van der Waals surface area contributed by atoms with Crippen LogP contribution in [0.1, 0.15) is 55.3 Å². The van der Waals surface area contributed by atoms with Crippen LogP contribution in [0.5, 0.6) is 0 Å². The van der Waals surface area contributed by atoms with Crippen molar-refractivity contribution in [2.75, 3.05) is 20.7 Å². The minimum Gasteiger partial charge on any atom is -0.481 e. The molecule has 0 unspecified atom stereocenters. The van der Waals surface area contributed by atoms with Crippen LogP contribution < -0.4 is 5.32 Å². The molecule has 3 aromatic rings. The Morgan fingerprint density at radius 3 is 2.00 bits per heavy atom. The molecule has 1 spiro atoms. The monoisotopic (exact) mass is 581 g/mol. The predicted octanol–water partition coefficient (Wildman–Crippen LogP) is 2.65. The summed E-state index contributed by atoms with van der Waals surface area (Å²) in [5, 5.41) is 49.0. The van der Waals surface area contributed by atoms with E-state index in [2.05, 4.69) is 83.9 Å². The van der Waals surface area contributed by atoms with Crippen LogP contribution in [0.3, 0.4) is 0 Å². The number of benzene rings is 2. The van der Waals surface area contributed by atoms with Gasteiger partial charge in [0.25, 0.3) is 0 Å². The van der Waals surface area contributed by atoms with Gasteiger partial charge in [0.2, 0.25) is 0 Å². The molecule has 11 heteroatoms. The van der Waals surface area contributed by atoms with E-state index in [0.29, 0.717) is 0 Å². The van der Waals surface area contributed by atoms with Gasteiger partial charge in [-0.2, -0.15) is 0 Å². The van der Waals surface area contributed by atoms with Crippen molar-refractivity contribution in [1.82, 2.24) is 15.2 Å². The molecule has 1 aliphatic carbocycles. The van der Waals surface area contributed by atoms with Gasteiger partial charge in [-0.1, -0.05) is 48.5 Å². The number of H-pyrrole nitrogens is 1. The molecule has 0 bridgehead atoms. The van der Waals surface area contributed by atoms with Crippen molar-refractivity contribution >= 4 is 28.8 Å². The number of para-hydroxylation sites is 1. The molecule has 0 radical (unpaired) electrons. The number of fused-ring (bicyclic) bond motifs is 4. The van der Waals surface area contributed by atoms with Gasteiger partial charge in [-0.05, 0) is 63.4 Å². The SMILES string of the molecule is CN(C)C1(c2ccccc2)CCC2(CC1)N[C@H](CO)Cc1c2[nH]c2ccccc12.O=C(O)CC(O)(CC(=O)O)C(=O)O. The molecule has 11 nitrogen and oxygen atoms in total. The number of hydrogen-bond donors (Lipinski definition) is 7. The van der Waals surface area contributed by atoms with E-state index in [9.17, 15) is 19.5 Å². The lowest BCUT2D eigenvalue weighted by Crippen LogP contribution is -2.58. The Morgan fingerprint density at radius 1 is 0.905 bits per heavy atom. The van der Waals surface area contributed by atoms with E-state index in [1.165, 1.54) is 27.7 Å². The minimum absolute atomic E-state index is 0.0620. The van der Waals surface area contributed by atoms with Gasteiger partial charge in [0.1, 0.15) is 0 Å².